The summed E-state index contributed by atoms with van der Waals surface area (Å²) in [5, 5.41) is 5.75. The molecule has 2 heterocycles. The first-order valence-corrected chi connectivity index (χ1v) is 8.66. The van der Waals surface area contributed by atoms with Crippen molar-refractivity contribution in [2.24, 2.45) is 23.5 Å². The van der Waals surface area contributed by atoms with E-state index in [1.165, 1.54) is 0 Å². The molecule has 4 atom stereocenters. The molecule has 3 aliphatic rings. The highest BCUT2D eigenvalue weighted by Crippen LogP contribution is 2.47. The van der Waals surface area contributed by atoms with Gasteiger partial charge in [-0.25, -0.2) is 4.98 Å². The largest absolute Gasteiger partial charge is 0.353 e. The summed E-state index contributed by atoms with van der Waals surface area (Å²) >= 11 is 0. The second-order valence-electron chi connectivity index (χ2n) is 7.10. The zero-order valence-corrected chi connectivity index (χ0v) is 13.6. The number of rotatable bonds is 3. The fourth-order valence-electron chi connectivity index (χ4n) is 4.43. The second-order valence-corrected chi connectivity index (χ2v) is 7.10. The SMILES string of the molecule is NC1C2CCC(C2)C1C(=O)Nc1ccc(N2CCNC(=O)C2)nc1. The monoisotopic (exact) mass is 329 g/mol. The average Bonchev–Trinajstić information content (AvgIpc) is 3.16. The molecule has 4 rings (SSSR count). The lowest BCUT2D eigenvalue weighted by molar-refractivity contribution is -0.122. The lowest BCUT2D eigenvalue weighted by Crippen LogP contribution is -2.48. The number of anilines is 2. The number of carbonyl (C=O) groups is 2. The van der Waals surface area contributed by atoms with Crippen molar-refractivity contribution in [3.8, 4) is 0 Å². The molecular formula is C17H23N5O2. The maximum Gasteiger partial charge on any atom is 0.239 e. The zero-order valence-electron chi connectivity index (χ0n) is 13.6. The Morgan fingerprint density at radius 1 is 1.33 bits per heavy atom. The summed E-state index contributed by atoms with van der Waals surface area (Å²) < 4.78 is 0. The molecule has 3 fully saturated rings. The normalized spacial score (nSPS) is 31.9. The average molecular weight is 329 g/mol. The molecule has 2 aliphatic carbocycles. The minimum atomic E-state index is -0.0748. The van der Waals surface area contributed by atoms with Crippen LogP contribution in [0.1, 0.15) is 19.3 Å². The van der Waals surface area contributed by atoms with Crippen LogP contribution in [-0.4, -0.2) is 42.5 Å². The number of amides is 2. The van der Waals surface area contributed by atoms with E-state index in [2.05, 4.69) is 15.6 Å². The number of nitrogens with zero attached hydrogens (tertiary/aromatic N) is 2. The van der Waals surface area contributed by atoms with E-state index in [1.807, 2.05) is 17.0 Å². The van der Waals surface area contributed by atoms with Gasteiger partial charge in [-0.1, -0.05) is 0 Å². The molecule has 0 radical (unpaired) electrons. The number of nitrogens with two attached hydrogens (primary N) is 1. The van der Waals surface area contributed by atoms with Gasteiger partial charge in [0.2, 0.25) is 11.8 Å². The van der Waals surface area contributed by atoms with Crippen LogP contribution in [0.4, 0.5) is 11.5 Å². The maximum atomic E-state index is 12.6. The van der Waals surface area contributed by atoms with Gasteiger partial charge in [0, 0.05) is 19.1 Å². The third-order valence-electron chi connectivity index (χ3n) is 5.66. The van der Waals surface area contributed by atoms with E-state index in [-0.39, 0.29) is 23.8 Å². The van der Waals surface area contributed by atoms with Crippen LogP contribution < -0.4 is 21.3 Å². The van der Waals surface area contributed by atoms with E-state index in [1.54, 1.807) is 6.20 Å². The Bertz CT molecular complexity index is 645. The molecule has 128 valence electrons. The van der Waals surface area contributed by atoms with Crippen molar-refractivity contribution in [1.82, 2.24) is 10.3 Å². The first-order chi connectivity index (χ1) is 11.6. The molecule has 7 nitrogen and oxygen atoms in total. The Kier molecular flexibility index (Phi) is 3.88. The van der Waals surface area contributed by atoms with Crippen LogP contribution >= 0.6 is 0 Å². The molecule has 4 N–H and O–H groups in total. The molecule has 4 unspecified atom stereocenters. The van der Waals surface area contributed by atoms with Crippen molar-refractivity contribution in [2.45, 2.75) is 25.3 Å². The summed E-state index contributed by atoms with van der Waals surface area (Å²) in [5.41, 5.74) is 6.91. The Hall–Kier alpha value is -2.15. The molecular weight excluding hydrogens is 306 g/mol. The number of carbonyl (C=O) groups excluding carboxylic acids is 2. The van der Waals surface area contributed by atoms with E-state index in [9.17, 15) is 9.59 Å². The van der Waals surface area contributed by atoms with Gasteiger partial charge in [0.1, 0.15) is 5.82 Å². The fraction of sp³-hybridized carbons (Fsp3) is 0.588. The summed E-state index contributed by atoms with van der Waals surface area (Å²) in [6.07, 6.45) is 5.02. The molecule has 1 saturated heterocycles. The van der Waals surface area contributed by atoms with E-state index in [0.29, 0.717) is 30.6 Å². The predicted octanol–water partition coefficient (Wildman–Crippen LogP) is 0.330. The Morgan fingerprint density at radius 3 is 2.83 bits per heavy atom. The smallest absolute Gasteiger partial charge is 0.239 e. The third-order valence-corrected chi connectivity index (χ3v) is 5.66. The molecule has 0 spiro atoms. The first-order valence-electron chi connectivity index (χ1n) is 8.66. The predicted molar refractivity (Wildman–Crippen MR) is 90.4 cm³/mol. The van der Waals surface area contributed by atoms with Gasteiger partial charge < -0.3 is 21.3 Å². The van der Waals surface area contributed by atoms with Gasteiger partial charge in [0.05, 0.1) is 24.3 Å². The van der Waals surface area contributed by atoms with E-state index in [0.717, 1.165) is 31.6 Å². The van der Waals surface area contributed by atoms with Crippen molar-refractivity contribution < 1.29 is 9.59 Å². The van der Waals surface area contributed by atoms with Crippen LogP contribution in [0.3, 0.4) is 0 Å². The number of piperazine rings is 1. The summed E-state index contributed by atoms with van der Waals surface area (Å²) in [5.74, 6) is 1.64. The molecule has 1 aromatic heterocycles. The molecule has 0 aromatic carbocycles. The third kappa shape index (κ3) is 2.73. The molecule has 1 aromatic rings. The van der Waals surface area contributed by atoms with Crippen LogP contribution in [-0.2, 0) is 9.59 Å². The quantitative estimate of drug-likeness (QED) is 0.742. The summed E-state index contributed by atoms with van der Waals surface area (Å²) in [7, 11) is 0. The Balaban J connectivity index is 1.40. The summed E-state index contributed by atoms with van der Waals surface area (Å²) in [6.45, 7) is 1.68. The van der Waals surface area contributed by atoms with Crippen LogP contribution in [0.2, 0.25) is 0 Å². The molecule has 24 heavy (non-hydrogen) atoms. The summed E-state index contributed by atoms with van der Waals surface area (Å²) in [4.78, 5) is 30.3. The van der Waals surface area contributed by atoms with Crippen molar-refractivity contribution in [3.05, 3.63) is 18.3 Å². The number of nitrogens with one attached hydrogen (secondary N) is 2. The highest BCUT2D eigenvalue weighted by Gasteiger charge is 2.49. The molecule has 1 aliphatic heterocycles. The number of fused-ring (bicyclic) bond motifs is 2. The van der Waals surface area contributed by atoms with Gasteiger partial charge in [-0.3, -0.25) is 9.59 Å². The minimum Gasteiger partial charge on any atom is -0.353 e. The van der Waals surface area contributed by atoms with Crippen molar-refractivity contribution >= 4 is 23.3 Å². The van der Waals surface area contributed by atoms with Gasteiger partial charge in [0.15, 0.2) is 0 Å². The van der Waals surface area contributed by atoms with E-state index >= 15 is 0 Å². The topological polar surface area (TPSA) is 100 Å². The van der Waals surface area contributed by atoms with Crippen LogP contribution in [0, 0.1) is 17.8 Å². The van der Waals surface area contributed by atoms with Gasteiger partial charge in [-0.05, 0) is 43.2 Å². The number of aromatic nitrogens is 1. The van der Waals surface area contributed by atoms with Crippen molar-refractivity contribution in [1.29, 1.82) is 0 Å². The van der Waals surface area contributed by atoms with Crippen LogP contribution in [0.15, 0.2) is 18.3 Å². The lowest BCUT2D eigenvalue weighted by Gasteiger charge is -2.28. The number of hydrogen-bond acceptors (Lipinski definition) is 5. The van der Waals surface area contributed by atoms with Crippen molar-refractivity contribution in [3.63, 3.8) is 0 Å². The molecule has 7 heteroatoms. The zero-order chi connectivity index (χ0) is 16.7. The van der Waals surface area contributed by atoms with Gasteiger partial charge >= 0.3 is 0 Å². The molecule has 2 bridgehead atoms. The molecule has 2 amide bonds. The fourth-order valence-corrected chi connectivity index (χ4v) is 4.43. The highest BCUT2D eigenvalue weighted by atomic mass is 16.2. The Morgan fingerprint density at radius 2 is 2.17 bits per heavy atom. The maximum absolute atomic E-state index is 12.6. The minimum absolute atomic E-state index is 0.00528. The van der Waals surface area contributed by atoms with Gasteiger partial charge in [0.25, 0.3) is 0 Å². The molecule has 2 saturated carbocycles. The second kappa shape index (κ2) is 6.05. The van der Waals surface area contributed by atoms with Crippen molar-refractivity contribution in [2.75, 3.05) is 29.9 Å². The Labute approximate surface area is 141 Å². The number of pyridine rings is 1. The van der Waals surface area contributed by atoms with E-state index < -0.39 is 0 Å². The summed E-state index contributed by atoms with van der Waals surface area (Å²) in [6, 6.07) is 3.67. The van der Waals surface area contributed by atoms with Gasteiger partial charge in [-0.15, -0.1) is 0 Å². The highest BCUT2D eigenvalue weighted by molar-refractivity contribution is 5.93. The lowest BCUT2D eigenvalue weighted by atomic mass is 9.84. The number of hydrogen-bond donors (Lipinski definition) is 3. The standard InChI is InChI=1S/C17H23N5O2/c18-16-11-2-1-10(7-11)15(16)17(24)21-12-3-4-13(20-8-12)22-6-5-19-14(23)9-22/h3-4,8,10-11,15-16H,1-2,5-7,9,18H2,(H,19,23)(H,21,24). The first kappa shape index (κ1) is 15.4. The van der Waals surface area contributed by atoms with E-state index in [4.69, 9.17) is 5.73 Å². The van der Waals surface area contributed by atoms with Crippen LogP contribution in [0.25, 0.3) is 0 Å². The van der Waals surface area contributed by atoms with Crippen LogP contribution in [0.5, 0.6) is 0 Å². The van der Waals surface area contributed by atoms with Gasteiger partial charge in [-0.2, -0.15) is 0 Å².